The zero-order valence-corrected chi connectivity index (χ0v) is 54.4. The Labute approximate surface area is 537 Å². The third-order valence-corrected chi connectivity index (χ3v) is 17.9. The number of rotatable bonds is 19. The lowest BCUT2D eigenvalue weighted by molar-refractivity contribution is -0.165. The first-order valence-electron chi connectivity index (χ1n) is 29.9. The van der Waals surface area contributed by atoms with Gasteiger partial charge in [-0.1, -0.05) is 85.1 Å². The van der Waals surface area contributed by atoms with Gasteiger partial charge in [-0.2, -0.15) is 0 Å². The first-order valence-corrected chi connectivity index (χ1v) is 31.3. The highest BCUT2D eigenvalue weighted by atomic mass is 35.5. The SMILES string of the molecule is COc1cc2cc(c1Cl)N(C)C(=O)[C@H](OC(=O)[C@H](C)N(C)C(=O)CCSC(=O)N(C)CCN(C)C(=O)OCc1ccc(OC(=O)NC3/C=C/CCCCC3)c(C(=O)NCCN3C(=O)C=CC3=O)c1)[C@]1(C)O[C@H]1[C@H](C)[C@@H]1C[C@@](O)(NC(=O)O1)[C@H](OC)/C=C/C=C(\C)C2. The van der Waals surface area contributed by atoms with Gasteiger partial charge in [0.2, 0.25) is 12.0 Å². The number of aliphatic hydroxyl groups is 1. The molecule has 4 aliphatic heterocycles. The second kappa shape index (κ2) is 31.4. The van der Waals surface area contributed by atoms with E-state index in [0.29, 0.717) is 24.0 Å². The minimum atomic E-state index is -1.92. The summed E-state index contributed by atoms with van der Waals surface area (Å²) in [4.78, 5) is 139. The van der Waals surface area contributed by atoms with E-state index in [-0.39, 0.29) is 85.2 Å². The minimum Gasteiger partial charge on any atom is -0.495 e. The van der Waals surface area contributed by atoms with Crippen molar-refractivity contribution in [1.29, 1.82) is 0 Å². The third kappa shape index (κ3) is 18.0. The van der Waals surface area contributed by atoms with E-state index in [1.165, 1.54) is 82.2 Å². The number of anilines is 1. The Hall–Kier alpha value is -7.98. The van der Waals surface area contributed by atoms with Crippen molar-refractivity contribution in [3.63, 3.8) is 0 Å². The van der Waals surface area contributed by atoms with Crippen LogP contribution in [0, 0.1) is 5.92 Å². The van der Waals surface area contributed by atoms with Gasteiger partial charge in [0, 0.05) is 98.1 Å². The molecule has 0 radical (unpaired) electrons. The van der Waals surface area contributed by atoms with Crippen LogP contribution >= 0.6 is 23.4 Å². The molecular weight excluding hydrogens is 1220 g/mol. The van der Waals surface area contributed by atoms with Gasteiger partial charge in [0.15, 0.2) is 5.72 Å². The number of nitrogens with one attached hydrogen (secondary N) is 3. The van der Waals surface area contributed by atoms with Gasteiger partial charge in [-0.25, -0.2) is 19.2 Å². The molecule has 4 heterocycles. The smallest absolute Gasteiger partial charge is 0.413 e. The van der Waals surface area contributed by atoms with Crippen molar-refractivity contribution in [1.82, 2.24) is 35.6 Å². The quantitative estimate of drug-likeness (QED) is 0.0400. The van der Waals surface area contributed by atoms with E-state index in [4.69, 9.17) is 44.8 Å². The lowest BCUT2D eigenvalue weighted by atomic mass is 9.84. The van der Waals surface area contributed by atoms with E-state index in [0.717, 1.165) is 65.0 Å². The number of likely N-dealkylation sites (N-methyl/N-ethyl adjacent to an activating group) is 4. The number of carbonyl (C=O) groups is 10. The maximum absolute atomic E-state index is 14.9. The molecule has 1 aliphatic carbocycles. The Bertz CT molecular complexity index is 3220. The summed E-state index contributed by atoms with van der Waals surface area (Å²) in [5.74, 6) is -4.48. The maximum Gasteiger partial charge on any atom is 0.413 e. The predicted octanol–water partition coefficient (Wildman–Crippen LogP) is 6.20. The number of allylic oxidation sites excluding steroid dienone is 4. The molecule has 0 aromatic heterocycles. The number of benzene rings is 2. The molecule has 2 aromatic carbocycles. The first-order chi connectivity index (χ1) is 43.2. The number of hydrogen-bond donors (Lipinski definition) is 4. The number of imide groups is 1. The van der Waals surface area contributed by atoms with Crippen LogP contribution in [0.5, 0.6) is 11.5 Å². The lowest BCUT2D eigenvalue weighted by Crippen LogP contribution is -2.63. The number of carbonyl (C=O) groups excluding carboxylic acids is 10. The van der Waals surface area contributed by atoms with Crippen LogP contribution < -0.4 is 30.3 Å². The third-order valence-electron chi connectivity index (χ3n) is 16.6. The molecule has 9 amide bonds. The van der Waals surface area contributed by atoms with Gasteiger partial charge in [-0.05, 0) is 81.8 Å². The van der Waals surface area contributed by atoms with Crippen molar-refractivity contribution in [3.8, 4) is 11.5 Å². The molecule has 0 saturated carbocycles. The number of hydrogen-bond acceptors (Lipinski definition) is 19. The number of ether oxygens (including phenoxy) is 7. The van der Waals surface area contributed by atoms with Crippen LogP contribution in [0.25, 0.3) is 0 Å². The van der Waals surface area contributed by atoms with Crippen LogP contribution in [0.15, 0.2) is 78.4 Å². The number of nitrogens with zero attached hydrogens (tertiary/aromatic N) is 5. The van der Waals surface area contributed by atoms with Gasteiger partial charge in [0.25, 0.3) is 28.9 Å². The van der Waals surface area contributed by atoms with Gasteiger partial charge < -0.3 is 68.5 Å². The van der Waals surface area contributed by atoms with Gasteiger partial charge in [-0.15, -0.1) is 0 Å². The van der Waals surface area contributed by atoms with Crippen LogP contribution in [0.3, 0.4) is 0 Å². The summed E-state index contributed by atoms with van der Waals surface area (Å²) in [7, 11) is 8.65. The molecule has 1 unspecified atom stereocenters. The first kappa shape index (κ1) is 70.5. The molecule has 26 nitrogen and oxygen atoms in total. The van der Waals surface area contributed by atoms with E-state index >= 15 is 0 Å². The number of methoxy groups -OCH3 is 2. The van der Waals surface area contributed by atoms with E-state index in [9.17, 15) is 53.1 Å². The summed E-state index contributed by atoms with van der Waals surface area (Å²) in [5.41, 5.74) is -1.39. The van der Waals surface area contributed by atoms with Crippen molar-refractivity contribution in [2.45, 2.75) is 133 Å². The Kier molecular flexibility index (Phi) is 24.3. The van der Waals surface area contributed by atoms with Gasteiger partial charge in [0.1, 0.15) is 47.0 Å². The number of alkyl carbamates (subject to hydrolysis) is 1. The Morgan fingerprint density at radius 2 is 1.69 bits per heavy atom. The van der Waals surface area contributed by atoms with Gasteiger partial charge >= 0.3 is 24.2 Å². The van der Waals surface area contributed by atoms with Crippen LogP contribution in [0.1, 0.15) is 94.1 Å². The molecule has 2 fully saturated rings. The van der Waals surface area contributed by atoms with Crippen LogP contribution in [0.2, 0.25) is 5.02 Å². The van der Waals surface area contributed by atoms with Crippen LogP contribution in [0.4, 0.5) is 24.9 Å². The summed E-state index contributed by atoms with van der Waals surface area (Å²) < 4.78 is 40.5. The van der Waals surface area contributed by atoms with Crippen LogP contribution in [-0.4, -0.2) is 206 Å². The maximum atomic E-state index is 14.9. The highest BCUT2D eigenvalue weighted by Crippen LogP contribution is 2.49. The lowest BCUT2D eigenvalue weighted by Gasteiger charge is -2.42. The summed E-state index contributed by atoms with van der Waals surface area (Å²) in [6.07, 6.45) is 8.92. The number of halogens is 1. The van der Waals surface area contributed by atoms with Crippen molar-refractivity contribution < 1.29 is 86.2 Å². The largest absolute Gasteiger partial charge is 0.495 e. The van der Waals surface area contributed by atoms with Crippen molar-refractivity contribution in [3.05, 3.63) is 100 Å². The fourth-order valence-corrected chi connectivity index (χ4v) is 11.9. The van der Waals surface area contributed by atoms with Crippen molar-refractivity contribution >= 4 is 88.1 Å². The zero-order chi connectivity index (χ0) is 66.5. The summed E-state index contributed by atoms with van der Waals surface area (Å²) in [5, 5.41) is 19.5. The van der Waals surface area contributed by atoms with Gasteiger partial charge in [-0.3, -0.25) is 39.0 Å². The molecule has 28 heteroatoms. The number of amides is 9. The Balaban J connectivity index is 0.932. The average Bonchev–Trinajstić information content (AvgIpc) is 1.57. The number of thioether (sulfide) groups is 1. The highest BCUT2D eigenvalue weighted by Gasteiger charge is 2.66. The monoisotopic (exact) mass is 1300 g/mol. The van der Waals surface area contributed by atoms with E-state index in [2.05, 4.69) is 16.0 Å². The number of fused-ring (bicyclic) bond motifs is 5. The standard InChI is InChI=1S/C63H81ClN8O18S/c1-37-17-16-20-48(85-10)63(83)35-47(88-59(80)67-63)38(2)53-62(4,90-53)54(56(77)71(8)44-33-41(31-37)34-46(84-9)52(44)64)89-57(78)39(3)70(7)49(73)25-30-91-61(82)69(6)29-28-68(5)60(81)86-36-40-21-22-45(87-58(79)66-42-18-14-12-11-13-15-19-42)43(32-40)55(76)65-26-27-72-50(74)23-24-51(72)75/h14,16-18,20-24,32-34,38-39,42,47-48,53-54,83H,11-13,15,19,25-31,35-36H2,1-10H3,(H,65,76)(H,66,79)(H,67,80)/b18-14+,20-16+,37-17+/t38-,39+,42?,47+,48-,53+,54+,62-,63+/m1/s1. The molecule has 494 valence electrons. The summed E-state index contributed by atoms with van der Waals surface area (Å²) >= 11 is 7.71. The minimum absolute atomic E-state index is 0.00142. The molecule has 9 atom stereocenters. The second-order valence-electron chi connectivity index (χ2n) is 23.3. The van der Waals surface area contributed by atoms with E-state index < -0.39 is 107 Å². The number of epoxide rings is 1. The molecule has 91 heavy (non-hydrogen) atoms. The Morgan fingerprint density at radius 3 is 2.41 bits per heavy atom. The Morgan fingerprint density at radius 1 is 0.967 bits per heavy atom. The normalized spacial score (nSPS) is 25.6. The zero-order valence-electron chi connectivity index (χ0n) is 52.8. The van der Waals surface area contributed by atoms with Crippen LogP contribution in [-0.2, 0) is 60.7 Å². The fraction of sp³-hybridized carbons (Fsp3) is 0.524. The molecule has 2 aromatic rings. The summed E-state index contributed by atoms with van der Waals surface area (Å²) in [6, 6.07) is 6.20. The fourth-order valence-electron chi connectivity index (χ4n) is 10.8. The average molecular weight is 1310 g/mol. The number of esters is 1. The van der Waals surface area contributed by atoms with E-state index in [1.807, 2.05) is 25.2 Å². The second-order valence-corrected chi connectivity index (χ2v) is 24.7. The summed E-state index contributed by atoms with van der Waals surface area (Å²) in [6.45, 7) is 6.15. The van der Waals surface area contributed by atoms with Crippen molar-refractivity contribution in [2.75, 3.05) is 79.2 Å². The molecule has 7 rings (SSSR count). The molecule has 5 aliphatic rings. The molecular formula is C63H81ClN8O18S. The predicted molar refractivity (Wildman–Crippen MR) is 334 cm³/mol. The molecule has 4 N–H and O–H groups in total. The van der Waals surface area contributed by atoms with E-state index in [1.54, 1.807) is 38.1 Å². The highest BCUT2D eigenvalue weighted by molar-refractivity contribution is 8.13. The topological polar surface area (TPSA) is 311 Å². The molecule has 2 saturated heterocycles. The molecule has 4 bridgehead atoms. The molecule has 0 spiro atoms. The van der Waals surface area contributed by atoms with Crippen molar-refractivity contribution in [2.24, 2.45) is 5.92 Å². The van der Waals surface area contributed by atoms with Gasteiger partial charge in [0.05, 0.1) is 30.5 Å².